The van der Waals surface area contributed by atoms with Gasteiger partial charge in [-0.2, -0.15) is 13.2 Å². The number of benzene rings is 1. The fraction of sp³-hybridized carbons (Fsp3) is 0.308. The Bertz CT molecular complexity index is 610. The Kier molecular flexibility index (Phi) is 4.39. The molecule has 0 aliphatic heterocycles. The van der Waals surface area contributed by atoms with E-state index in [1.165, 1.54) is 17.4 Å². The van der Waals surface area contributed by atoms with Crippen LogP contribution in [0.1, 0.15) is 29.2 Å². The lowest BCUT2D eigenvalue weighted by Crippen LogP contribution is -2.13. The Balaban J connectivity index is 2.29. The Morgan fingerprint density at radius 2 is 2.05 bits per heavy atom. The van der Waals surface area contributed by atoms with Crippen molar-refractivity contribution < 1.29 is 13.2 Å². The maximum Gasteiger partial charge on any atom is 0.418 e. The Morgan fingerprint density at radius 3 is 2.60 bits per heavy atom. The zero-order chi connectivity index (χ0) is 14.9. The van der Waals surface area contributed by atoms with Crippen LogP contribution in [0.15, 0.2) is 28.1 Å². The van der Waals surface area contributed by atoms with E-state index in [0.29, 0.717) is 4.47 Å². The van der Waals surface area contributed by atoms with Gasteiger partial charge in [-0.3, -0.25) is 0 Å². The van der Waals surface area contributed by atoms with Crippen molar-refractivity contribution in [1.29, 1.82) is 0 Å². The smallest absolute Gasteiger partial charge is 0.376 e. The number of halogens is 4. The predicted molar refractivity (Wildman–Crippen MR) is 78.0 cm³/mol. The van der Waals surface area contributed by atoms with E-state index in [9.17, 15) is 13.2 Å². The molecule has 1 aromatic carbocycles. The molecule has 20 heavy (non-hydrogen) atoms. The van der Waals surface area contributed by atoms with Crippen LogP contribution in [0.2, 0.25) is 0 Å². The largest absolute Gasteiger partial charge is 0.418 e. The molecule has 2 aromatic rings. The number of rotatable bonds is 3. The minimum atomic E-state index is -4.40. The quantitative estimate of drug-likeness (QED) is 0.787. The molecule has 0 aliphatic rings. The van der Waals surface area contributed by atoms with Crippen molar-refractivity contribution in [2.45, 2.75) is 26.1 Å². The van der Waals surface area contributed by atoms with Gasteiger partial charge in [-0.05, 0) is 32.0 Å². The van der Waals surface area contributed by atoms with Crippen molar-refractivity contribution in [1.82, 2.24) is 4.98 Å². The molecule has 0 spiro atoms. The van der Waals surface area contributed by atoms with Gasteiger partial charge < -0.3 is 5.32 Å². The van der Waals surface area contributed by atoms with Crippen LogP contribution in [0.4, 0.5) is 18.9 Å². The minimum Gasteiger partial charge on any atom is -0.376 e. The molecular weight excluding hydrogens is 353 g/mol. The first-order valence-corrected chi connectivity index (χ1v) is 7.50. The van der Waals surface area contributed by atoms with Crippen LogP contribution in [-0.4, -0.2) is 4.98 Å². The summed E-state index contributed by atoms with van der Waals surface area (Å²) in [4.78, 5) is 4.28. The third kappa shape index (κ3) is 3.52. The van der Waals surface area contributed by atoms with Gasteiger partial charge in [0.2, 0.25) is 0 Å². The third-order valence-corrected chi connectivity index (χ3v) is 4.02. The second kappa shape index (κ2) is 5.73. The van der Waals surface area contributed by atoms with E-state index >= 15 is 0 Å². The molecule has 1 heterocycles. The summed E-state index contributed by atoms with van der Waals surface area (Å²) in [5.41, 5.74) is 0.105. The molecule has 0 fully saturated rings. The summed E-state index contributed by atoms with van der Waals surface area (Å²) in [6, 6.07) is 3.78. The fourth-order valence-electron chi connectivity index (χ4n) is 1.76. The molecule has 0 saturated carbocycles. The van der Waals surface area contributed by atoms with Crippen LogP contribution in [0.5, 0.6) is 0 Å². The highest BCUT2D eigenvalue weighted by Gasteiger charge is 2.34. The molecular formula is C13H12BrF3N2S. The van der Waals surface area contributed by atoms with Crippen molar-refractivity contribution in [3.8, 4) is 0 Å². The molecule has 0 radical (unpaired) electrons. The van der Waals surface area contributed by atoms with E-state index in [-0.39, 0.29) is 11.7 Å². The van der Waals surface area contributed by atoms with Crippen molar-refractivity contribution in [2.75, 3.05) is 5.32 Å². The molecule has 7 heteroatoms. The average molecular weight is 365 g/mol. The Hall–Kier alpha value is -1.08. The molecule has 1 unspecified atom stereocenters. The van der Waals surface area contributed by atoms with Crippen molar-refractivity contribution >= 4 is 33.0 Å². The van der Waals surface area contributed by atoms with Gasteiger partial charge in [0.05, 0.1) is 22.3 Å². The van der Waals surface area contributed by atoms with Crippen LogP contribution in [0.3, 0.4) is 0 Å². The predicted octanol–water partition coefficient (Wildman–Crippen LogP) is 5.41. The summed E-state index contributed by atoms with van der Waals surface area (Å²) in [6.45, 7) is 3.65. The third-order valence-electron chi connectivity index (χ3n) is 2.74. The molecule has 0 bridgehead atoms. The fourth-order valence-corrected chi connectivity index (χ4v) is 2.83. The highest BCUT2D eigenvalue weighted by atomic mass is 79.9. The van der Waals surface area contributed by atoms with Gasteiger partial charge in [-0.15, -0.1) is 11.3 Å². The number of hydrogen-bond donors (Lipinski definition) is 1. The van der Waals surface area contributed by atoms with Crippen molar-refractivity contribution in [2.24, 2.45) is 0 Å². The van der Waals surface area contributed by atoms with E-state index < -0.39 is 11.7 Å². The molecule has 2 rings (SSSR count). The Morgan fingerprint density at radius 1 is 1.35 bits per heavy atom. The van der Waals surface area contributed by atoms with E-state index in [2.05, 4.69) is 26.2 Å². The number of nitrogens with zero attached hydrogens (tertiary/aromatic N) is 1. The highest BCUT2D eigenvalue weighted by Crippen LogP contribution is 2.37. The number of aryl methyl sites for hydroxylation is 1. The standard InChI is InChI=1S/C13H12BrF3N2S/c1-7(12-6-20-8(2)19-12)18-11-4-3-9(14)5-10(11)13(15,16)17/h3-7,18H,1-2H3. The molecule has 0 amide bonds. The number of hydrogen-bond acceptors (Lipinski definition) is 3. The van der Waals surface area contributed by atoms with Gasteiger partial charge in [0.25, 0.3) is 0 Å². The molecule has 1 aromatic heterocycles. The number of alkyl halides is 3. The van der Waals surface area contributed by atoms with Crippen molar-refractivity contribution in [3.63, 3.8) is 0 Å². The summed E-state index contributed by atoms with van der Waals surface area (Å²) in [6.07, 6.45) is -4.40. The molecule has 0 aliphatic carbocycles. The number of thiazole rings is 1. The van der Waals surface area contributed by atoms with Crippen LogP contribution in [0, 0.1) is 6.92 Å². The van der Waals surface area contributed by atoms with E-state index in [0.717, 1.165) is 16.8 Å². The molecule has 2 nitrogen and oxygen atoms in total. The maximum atomic E-state index is 13.0. The molecule has 1 atom stereocenters. The molecule has 1 N–H and O–H groups in total. The van der Waals surface area contributed by atoms with Gasteiger partial charge >= 0.3 is 6.18 Å². The monoisotopic (exact) mass is 364 g/mol. The normalized spacial score (nSPS) is 13.3. The van der Waals surface area contributed by atoms with Crippen LogP contribution in [0.25, 0.3) is 0 Å². The van der Waals surface area contributed by atoms with E-state index in [1.807, 2.05) is 12.3 Å². The molecule has 108 valence electrons. The lowest BCUT2D eigenvalue weighted by molar-refractivity contribution is -0.137. The summed E-state index contributed by atoms with van der Waals surface area (Å²) in [5, 5.41) is 5.61. The minimum absolute atomic E-state index is 0.0545. The van der Waals surface area contributed by atoms with E-state index in [1.54, 1.807) is 13.0 Å². The van der Waals surface area contributed by atoms with Gasteiger partial charge in [0, 0.05) is 15.5 Å². The first-order chi connectivity index (χ1) is 9.27. The van der Waals surface area contributed by atoms with Gasteiger partial charge in [0.1, 0.15) is 0 Å². The number of anilines is 1. The topological polar surface area (TPSA) is 24.9 Å². The highest BCUT2D eigenvalue weighted by molar-refractivity contribution is 9.10. The lowest BCUT2D eigenvalue weighted by atomic mass is 10.1. The SMILES string of the molecule is Cc1nc(C(C)Nc2ccc(Br)cc2C(F)(F)F)cs1. The second-order valence-corrected chi connectivity index (χ2v) is 6.32. The van der Waals surface area contributed by atoms with Gasteiger partial charge in [-0.25, -0.2) is 4.98 Å². The first-order valence-electron chi connectivity index (χ1n) is 5.82. The van der Waals surface area contributed by atoms with Crippen LogP contribution >= 0.6 is 27.3 Å². The number of nitrogens with one attached hydrogen (secondary N) is 1. The van der Waals surface area contributed by atoms with E-state index in [4.69, 9.17) is 0 Å². The second-order valence-electron chi connectivity index (χ2n) is 4.35. The number of aromatic nitrogens is 1. The summed E-state index contributed by atoms with van der Waals surface area (Å²) in [5.74, 6) is 0. The maximum absolute atomic E-state index is 13.0. The summed E-state index contributed by atoms with van der Waals surface area (Å²) < 4.78 is 39.4. The van der Waals surface area contributed by atoms with Gasteiger partial charge in [-0.1, -0.05) is 15.9 Å². The average Bonchev–Trinajstić information content (AvgIpc) is 2.77. The zero-order valence-electron chi connectivity index (χ0n) is 10.8. The first kappa shape index (κ1) is 15.3. The van der Waals surface area contributed by atoms with Crippen LogP contribution < -0.4 is 5.32 Å². The van der Waals surface area contributed by atoms with Crippen molar-refractivity contribution in [3.05, 3.63) is 44.3 Å². The zero-order valence-corrected chi connectivity index (χ0v) is 13.2. The lowest BCUT2D eigenvalue weighted by Gasteiger charge is -2.18. The summed E-state index contributed by atoms with van der Waals surface area (Å²) in [7, 11) is 0. The van der Waals surface area contributed by atoms with Crippen LogP contribution in [-0.2, 0) is 6.18 Å². The summed E-state index contributed by atoms with van der Waals surface area (Å²) >= 11 is 4.54. The molecule has 0 saturated heterocycles. The van der Waals surface area contributed by atoms with Gasteiger partial charge in [0.15, 0.2) is 0 Å². The Labute approximate surface area is 127 Å².